The first-order valence-corrected chi connectivity index (χ1v) is 8.54. The number of halogens is 1. The number of sulfonamides is 1. The molecule has 1 fully saturated rings. The molecule has 5 nitrogen and oxygen atoms in total. The van der Waals surface area contributed by atoms with Crippen LogP contribution in [0.5, 0.6) is 0 Å². The summed E-state index contributed by atoms with van der Waals surface area (Å²) in [6.45, 7) is 1.51. The minimum atomic E-state index is -3.55. The minimum Gasteiger partial charge on any atom is -0.352 e. The normalized spacial score (nSPS) is 14.9. The topological polar surface area (TPSA) is 66.5 Å². The molecule has 1 aromatic carbocycles. The van der Waals surface area contributed by atoms with Crippen molar-refractivity contribution in [2.24, 2.45) is 0 Å². The highest BCUT2D eigenvalue weighted by molar-refractivity contribution is 7.92. The summed E-state index contributed by atoms with van der Waals surface area (Å²) in [4.78, 5) is 11.9. The third kappa shape index (κ3) is 3.64. The number of amides is 1. The summed E-state index contributed by atoms with van der Waals surface area (Å²) < 4.78 is 25.0. The van der Waals surface area contributed by atoms with Crippen LogP contribution in [0.15, 0.2) is 18.2 Å². The second kappa shape index (κ2) is 5.61. The Morgan fingerprint density at radius 1 is 1.45 bits per heavy atom. The van der Waals surface area contributed by atoms with Crippen molar-refractivity contribution in [3.63, 3.8) is 0 Å². The Balaban J connectivity index is 2.27. The van der Waals surface area contributed by atoms with Crippen LogP contribution in [0.3, 0.4) is 0 Å². The number of carbonyl (C=O) groups excluding carboxylic acids is 1. The first kappa shape index (κ1) is 15.1. The minimum absolute atomic E-state index is 0.198. The number of hydrogen-bond donors (Lipinski definition) is 1. The molecule has 7 heteroatoms. The zero-order chi connectivity index (χ0) is 14.9. The molecule has 1 saturated carbocycles. The highest BCUT2D eigenvalue weighted by atomic mass is 35.5. The SMILES string of the molecule is Cc1c(Cl)cccc1N(CC(=O)NC1CC1)S(C)(=O)=O. The second-order valence-corrected chi connectivity index (χ2v) is 7.31. The van der Waals surface area contributed by atoms with Gasteiger partial charge in [0, 0.05) is 11.1 Å². The molecule has 0 spiro atoms. The molecule has 0 unspecified atom stereocenters. The molecular formula is C13H17ClN2O3S. The van der Waals surface area contributed by atoms with Gasteiger partial charge < -0.3 is 5.32 Å². The van der Waals surface area contributed by atoms with Gasteiger partial charge in [0.2, 0.25) is 15.9 Å². The van der Waals surface area contributed by atoms with E-state index in [1.165, 1.54) is 0 Å². The Kier molecular flexibility index (Phi) is 4.25. The van der Waals surface area contributed by atoms with Gasteiger partial charge in [-0.05, 0) is 37.5 Å². The molecule has 2 rings (SSSR count). The molecule has 1 aromatic rings. The fourth-order valence-corrected chi connectivity index (χ4v) is 2.96. The fraction of sp³-hybridized carbons (Fsp3) is 0.462. The lowest BCUT2D eigenvalue weighted by atomic mass is 10.2. The Labute approximate surface area is 124 Å². The van der Waals surface area contributed by atoms with Crippen LogP contribution >= 0.6 is 11.6 Å². The number of anilines is 1. The Morgan fingerprint density at radius 3 is 2.65 bits per heavy atom. The quantitative estimate of drug-likeness (QED) is 0.899. The van der Waals surface area contributed by atoms with E-state index in [1.807, 2.05) is 0 Å². The van der Waals surface area contributed by atoms with E-state index in [4.69, 9.17) is 11.6 Å². The average Bonchev–Trinajstić information content (AvgIpc) is 3.13. The van der Waals surface area contributed by atoms with Crippen LogP contribution in [-0.4, -0.2) is 33.2 Å². The smallest absolute Gasteiger partial charge is 0.240 e. The molecule has 0 radical (unpaired) electrons. The van der Waals surface area contributed by atoms with Crippen molar-refractivity contribution in [3.05, 3.63) is 28.8 Å². The van der Waals surface area contributed by atoms with Gasteiger partial charge in [0.05, 0.1) is 11.9 Å². The van der Waals surface area contributed by atoms with E-state index in [9.17, 15) is 13.2 Å². The lowest BCUT2D eigenvalue weighted by Crippen LogP contribution is -2.41. The van der Waals surface area contributed by atoms with E-state index in [-0.39, 0.29) is 18.5 Å². The third-order valence-corrected chi connectivity index (χ3v) is 4.67. The van der Waals surface area contributed by atoms with Crippen LogP contribution in [0.2, 0.25) is 5.02 Å². The third-order valence-electron chi connectivity index (χ3n) is 3.14. The van der Waals surface area contributed by atoms with Gasteiger partial charge in [-0.2, -0.15) is 0 Å². The number of benzene rings is 1. The maximum absolute atomic E-state index is 11.9. The van der Waals surface area contributed by atoms with E-state index in [1.54, 1.807) is 25.1 Å². The number of hydrogen-bond acceptors (Lipinski definition) is 3. The summed E-state index contributed by atoms with van der Waals surface area (Å²) in [7, 11) is -3.55. The van der Waals surface area contributed by atoms with Crippen molar-refractivity contribution in [1.82, 2.24) is 5.32 Å². The van der Waals surface area contributed by atoms with Crippen molar-refractivity contribution in [2.45, 2.75) is 25.8 Å². The highest BCUT2D eigenvalue weighted by Gasteiger charge is 2.27. The molecule has 20 heavy (non-hydrogen) atoms. The molecule has 110 valence electrons. The zero-order valence-corrected chi connectivity index (χ0v) is 13.0. The van der Waals surface area contributed by atoms with Crippen molar-refractivity contribution in [1.29, 1.82) is 0 Å². The van der Waals surface area contributed by atoms with Crippen LogP contribution in [-0.2, 0) is 14.8 Å². The fourth-order valence-electron chi connectivity index (χ4n) is 1.88. The molecule has 1 N–H and O–H groups in total. The van der Waals surface area contributed by atoms with Gasteiger partial charge in [-0.1, -0.05) is 17.7 Å². The summed E-state index contributed by atoms with van der Waals surface area (Å²) in [5.74, 6) is -0.294. The van der Waals surface area contributed by atoms with E-state index in [2.05, 4.69) is 5.32 Å². The van der Waals surface area contributed by atoms with Gasteiger partial charge in [0.1, 0.15) is 6.54 Å². The van der Waals surface area contributed by atoms with Crippen molar-refractivity contribution in [3.8, 4) is 0 Å². The van der Waals surface area contributed by atoms with Crippen LogP contribution in [0.25, 0.3) is 0 Å². The molecule has 1 amide bonds. The van der Waals surface area contributed by atoms with E-state index in [0.29, 0.717) is 16.3 Å². The van der Waals surface area contributed by atoms with Crippen molar-refractivity contribution < 1.29 is 13.2 Å². The molecule has 1 aliphatic rings. The Morgan fingerprint density at radius 2 is 2.10 bits per heavy atom. The molecule has 0 atom stereocenters. The molecule has 1 aliphatic carbocycles. The first-order chi connectivity index (χ1) is 9.29. The van der Waals surface area contributed by atoms with Gasteiger partial charge >= 0.3 is 0 Å². The molecule has 0 heterocycles. The Bertz CT molecular complexity index is 627. The lowest BCUT2D eigenvalue weighted by molar-refractivity contribution is -0.119. The van der Waals surface area contributed by atoms with Gasteiger partial charge in [0.15, 0.2) is 0 Å². The maximum Gasteiger partial charge on any atom is 0.240 e. The molecule has 0 saturated heterocycles. The van der Waals surface area contributed by atoms with Crippen LogP contribution in [0.1, 0.15) is 18.4 Å². The second-order valence-electron chi connectivity index (χ2n) is 5.00. The number of nitrogens with one attached hydrogen (secondary N) is 1. The summed E-state index contributed by atoms with van der Waals surface area (Å²) in [5, 5.41) is 3.25. The van der Waals surface area contributed by atoms with Crippen molar-refractivity contribution >= 4 is 33.2 Å². The standard InChI is InChI=1S/C13H17ClN2O3S/c1-9-11(14)4-3-5-12(9)16(20(2,18)19)8-13(17)15-10-6-7-10/h3-5,10H,6-8H2,1-2H3,(H,15,17). The number of carbonyl (C=O) groups is 1. The summed E-state index contributed by atoms with van der Waals surface area (Å²) in [5.41, 5.74) is 1.07. The van der Waals surface area contributed by atoms with Crippen molar-refractivity contribution in [2.75, 3.05) is 17.1 Å². The monoisotopic (exact) mass is 316 g/mol. The van der Waals surface area contributed by atoms with E-state index < -0.39 is 10.0 Å². The molecule has 0 aliphatic heterocycles. The average molecular weight is 317 g/mol. The van der Waals surface area contributed by atoms with Crippen LogP contribution in [0, 0.1) is 6.92 Å². The van der Waals surface area contributed by atoms with Gasteiger partial charge in [-0.15, -0.1) is 0 Å². The summed E-state index contributed by atoms with van der Waals surface area (Å²) >= 11 is 6.02. The Hall–Kier alpha value is -1.27. The van der Waals surface area contributed by atoms with Gasteiger partial charge in [-0.25, -0.2) is 8.42 Å². The summed E-state index contributed by atoms with van der Waals surface area (Å²) in [6, 6.07) is 5.20. The molecule has 0 aromatic heterocycles. The zero-order valence-electron chi connectivity index (χ0n) is 11.4. The summed E-state index contributed by atoms with van der Waals surface area (Å²) in [6.07, 6.45) is 3.00. The maximum atomic E-state index is 11.9. The van der Waals surface area contributed by atoms with Crippen LogP contribution < -0.4 is 9.62 Å². The molecule has 0 bridgehead atoms. The number of nitrogens with zero attached hydrogens (tertiary/aromatic N) is 1. The lowest BCUT2D eigenvalue weighted by Gasteiger charge is -2.24. The largest absolute Gasteiger partial charge is 0.352 e. The van der Waals surface area contributed by atoms with E-state index in [0.717, 1.165) is 23.4 Å². The van der Waals surface area contributed by atoms with E-state index >= 15 is 0 Å². The predicted octanol–water partition coefficient (Wildman–Crippen LogP) is 1.69. The van der Waals surface area contributed by atoms with Gasteiger partial charge in [0.25, 0.3) is 0 Å². The molecular weight excluding hydrogens is 300 g/mol. The first-order valence-electron chi connectivity index (χ1n) is 6.31. The van der Waals surface area contributed by atoms with Gasteiger partial charge in [-0.3, -0.25) is 9.10 Å². The highest BCUT2D eigenvalue weighted by Crippen LogP contribution is 2.28. The number of rotatable bonds is 5. The predicted molar refractivity (Wildman–Crippen MR) is 79.5 cm³/mol. The van der Waals surface area contributed by atoms with Crippen LogP contribution in [0.4, 0.5) is 5.69 Å².